The van der Waals surface area contributed by atoms with Crippen molar-refractivity contribution in [1.29, 1.82) is 5.26 Å². The van der Waals surface area contributed by atoms with Gasteiger partial charge in [0.25, 0.3) is 5.91 Å². The van der Waals surface area contributed by atoms with Crippen molar-refractivity contribution in [3.8, 4) is 22.9 Å². The molecule has 7 nitrogen and oxygen atoms in total. The van der Waals surface area contributed by atoms with Gasteiger partial charge in [-0.1, -0.05) is 30.3 Å². The number of fused-ring (bicyclic) bond motifs is 1. The van der Waals surface area contributed by atoms with Crippen molar-refractivity contribution < 1.29 is 9.53 Å². The number of ether oxygens (including phenoxy) is 1. The number of anilines is 1. The molecule has 1 amide bonds. The molecule has 6 rings (SSSR count). The van der Waals surface area contributed by atoms with E-state index in [1.807, 2.05) is 60.7 Å². The van der Waals surface area contributed by atoms with E-state index >= 15 is 0 Å². The van der Waals surface area contributed by atoms with E-state index in [0.717, 1.165) is 73.2 Å². The summed E-state index contributed by atoms with van der Waals surface area (Å²) in [6, 6.07) is 26.1. The largest absolute Gasteiger partial charge is 0.497 e. The highest BCUT2D eigenvalue weighted by molar-refractivity contribution is 6.08. The van der Waals surface area contributed by atoms with Gasteiger partial charge in [-0.05, 0) is 104 Å². The Balaban J connectivity index is 1.31. The van der Waals surface area contributed by atoms with Crippen LogP contribution < -0.4 is 10.1 Å². The molecule has 4 aromatic rings. The number of nitrogens with one attached hydrogen (secondary N) is 1. The minimum atomic E-state index is 0.0805. The summed E-state index contributed by atoms with van der Waals surface area (Å²) in [5.41, 5.74) is 5.28. The molecule has 2 aliphatic heterocycles. The zero-order chi connectivity index (χ0) is 28.9. The first-order valence-electron chi connectivity index (χ1n) is 15.0. The number of nitrogens with zero attached hydrogens (tertiary/aromatic N) is 4. The van der Waals surface area contributed by atoms with Gasteiger partial charge in [0.2, 0.25) is 0 Å². The van der Waals surface area contributed by atoms with Gasteiger partial charge in [-0.3, -0.25) is 4.79 Å². The topological polar surface area (TPSA) is 81.5 Å². The first-order chi connectivity index (χ1) is 20.6. The smallest absolute Gasteiger partial charge is 0.254 e. The third kappa shape index (κ3) is 6.09. The highest BCUT2D eigenvalue weighted by Crippen LogP contribution is 2.31. The van der Waals surface area contributed by atoms with Crippen molar-refractivity contribution >= 4 is 22.6 Å². The minimum absolute atomic E-state index is 0.0805. The Hall–Kier alpha value is -4.41. The van der Waals surface area contributed by atoms with Gasteiger partial charge in [-0.25, -0.2) is 4.98 Å². The number of pyridine rings is 1. The third-order valence-electron chi connectivity index (χ3n) is 8.55. The van der Waals surface area contributed by atoms with Crippen LogP contribution in [0.1, 0.15) is 47.2 Å². The third-order valence-corrected chi connectivity index (χ3v) is 8.55. The Bertz CT molecular complexity index is 1600. The van der Waals surface area contributed by atoms with Crippen molar-refractivity contribution in [3.63, 3.8) is 0 Å². The highest BCUT2D eigenvalue weighted by Gasteiger charge is 2.32. The molecule has 0 unspecified atom stereocenters. The molecule has 3 heterocycles. The van der Waals surface area contributed by atoms with Gasteiger partial charge in [-0.15, -0.1) is 0 Å². The van der Waals surface area contributed by atoms with Crippen molar-refractivity contribution in [1.82, 2.24) is 14.8 Å². The number of aromatic nitrogens is 1. The Morgan fingerprint density at radius 3 is 2.60 bits per heavy atom. The maximum Gasteiger partial charge on any atom is 0.254 e. The van der Waals surface area contributed by atoms with Crippen LogP contribution in [-0.4, -0.2) is 66.6 Å². The predicted molar refractivity (Wildman–Crippen MR) is 167 cm³/mol. The van der Waals surface area contributed by atoms with Crippen LogP contribution in [0.15, 0.2) is 72.8 Å². The summed E-state index contributed by atoms with van der Waals surface area (Å²) in [4.78, 5) is 23.8. The average Bonchev–Trinajstić information content (AvgIpc) is 3.73. The summed E-state index contributed by atoms with van der Waals surface area (Å²) in [6.45, 7) is 4.69. The molecule has 1 aromatic heterocycles. The lowest BCUT2D eigenvalue weighted by Gasteiger charge is -2.29. The van der Waals surface area contributed by atoms with Crippen LogP contribution in [0, 0.1) is 11.3 Å². The second-order valence-electron chi connectivity index (χ2n) is 11.3. The molecule has 42 heavy (non-hydrogen) atoms. The zero-order valence-corrected chi connectivity index (χ0v) is 24.2. The predicted octanol–water partition coefficient (Wildman–Crippen LogP) is 6.14. The maximum absolute atomic E-state index is 14.3. The van der Waals surface area contributed by atoms with Gasteiger partial charge in [0.15, 0.2) is 0 Å². The fraction of sp³-hybridized carbons (Fsp3) is 0.343. The number of nitriles is 1. The molecule has 1 atom stereocenters. The van der Waals surface area contributed by atoms with Crippen LogP contribution in [0.3, 0.4) is 0 Å². The van der Waals surface area contributed by atoms with E-state index in [1.165, 1.54) is 18.4 Å². The van der Waals surface area contributed by atoms with Gasteiger partial charge in [0, 0.05) is 31.1 Å². The Kier molecular flexibility index (Phi) is 8.34. The zero-order valence-electron chi connectivity index (χ0n) is 24.2. The molecule has 0 spiro atoms. The van der Waals surface area contributed by atoms with E-state index in [2.05, 4.69) is 33.3 Å². The van der Waals surface area contributed by atoms with Gasteiger partial charge in [0.05, 0.1) is 29.8 Å². The van der Waals surface area contributed by atoms with E-state index in [1.54, 1.807) is 7.11 Å². The van der Waals surface area contributed by atoms with Crippen molar-refractivity contribution in [3.05, 3.63) is 89.5 Å². The van der Waals surface area contributed by atoms with Crippen molar-refractivity contribution in [2.45, 2.75) is 38.1 Å². The molecule has 1 N–H and O–H groups in total. The SMILES string of the molecule is COc1cccc(CCNc2cc(C(=O)N3CCC[C@H]3CN3CCCC3)c3cc(-c4ccc(C#N)cc4)ccc3n2)c1. The molecule has 7 heteroatoms. The number of likely N-dealkylation sites (tertiary alicyclic amines) is 2. The second kappa shape index (κ2) is 12.6. The monoisotopic (exact) mass is 559 g/mol. The van der Waals surface area contributed by atoms with Gasteiger partial charge in [0.1, 0.15) is 11.6 Å². The normalized spacial score (nSPS) is 17.0. The molecule has 2 saturated heterocycles. The molecular weight excluding hydrogens is 522 g/mol. The quantitative estimate of drug-likeness (QED) is 0.265. The lowest BCUT2D eigenvalue weighted by Crippen LogP contribution is -2.42. The number of methoxy groups -OCH3 is 1. The molecule has 214 valence electrons. The summed E-state index contributed by atoms with van der Waals surface area (Å²) < 4.78 is 5.37. The van der Waals surface area contributed by atoms with Crippen molar-refractivity contribution in [2.24, 2.45) is 0 Å². The lowest BCUT2D eigenvalue weighted by atomic mass is 9.99. The fourth-order valence-corrected chi connectivity index (χ4v) is 6.28. The molecule has 0 saturated carbocycles. The Morgan fingerprint density at radius 2 is 1.81 bits per heavy atom. The Morgan fingerprint density at radius 1 is 1.00 bits per heavy atom. The van der Waals surface area contributed by atoms with Crippen LogP contribution in [0.4, 0.5) is 5.82 Å². The number of amides is 1. The van der Waals surface area contributed by atoms with Crippen LogP contribution in [0.25, 0.3) is 22.0 Å². The van der Waals surface area contributed by atoms with E-state index in [4.69, 9.17) is 9.72 Å². The molecule has 0 aliphatic carbocycles. The first-order valence-corrected chi connectivity index (χ1v) is 15.0. The maximum atomic E-state index is 14.3. The number of carbonyl (C=O) groups excluding carboxylic acids is 1. The van der Waals surface area contributed by atoms with Crippen LogP contribution >= 0.6 is 0 Å². The number of benzene rings is 3. The second-order valence-corrected chi connectivity index (χ2v) is 11.3. The standard InChI is InChI=1S/C35H37N5O2/c1-42-30-8-4-6-25(20-30)15-16-37-34-22-32(35(41)40-19-5-7-29(40)24-39-17-2-3-18-39)31-21-28(13-14-33(31)38-34)27-11-9-26(23-36)10-12-27/h4,6,8-14,20-22,29H,2-3,5,7,15-19,24H2,1H3,(H,37,38)/t29-/m0/s1. The van der Waals surface area contributed by atoms with Crippen LogP contribution in [0.5, 0.6) is 5.75 Å². The summed E-state index contributed by atoms with van der Waals surface area (Å²) in [5, 5.41) is 13.5. The molecule has 2 fully saturated rings. The number of hydrogen-bond donors (Lipinski definition) is 1. The number of carbonyl (C=O) groups is 1. The minimum Gasteiger partial charge on any atom is -0.497 e. The number of hydrogen-bond acceptors (Lipinski definition) is 6. The molecular formula is C35H37N5O2. The van der Waals surface area contributed by atoms with Gasteiger partial charge >= 0.3 is 0 Å². The summed E-state index contributed by atoms with van der Waals surface area (Å²) in [5.74, 6) is 1.63. The molecule has 3 aromatic carbocycles. The van der Waals surface area contributed by atoms with Gasteiger partial charge < -0.3 is 19.9 Å². The molecule has 2 aliphatic rings. The number of rotatable bonds is 9. The van der Waals surface area contributed by atoms with E-state index in [-0.39, 0.29) is 11.9 Å². The van der Waals surface area contributed by atoms with Crippen LogP contribution in [-0.2, 0) is 6.42 Å². The fourth-order valence-electron chi connectivity index (χ4n) is 6.28. The first kappa shape index (κ1) is 27.7. The Labute approximate surface area is 247 Å². The van der Waals surface area contributed by atoms with E-state index < -0.39 is 0 Å². The van der Waals surface area contributed by atoms with Crippen molar-refractivity contribution in [2.75, 3.05) is 45.2 Å². The van der Waals surface area contributed by atoms with E-state index in [9.17, 15) is 10.1 Å². The van der Waals surface area contributed by atoms with Gasteiger partial charge in [-0.2, -0.15) is 5.26 Å². The summed E-state index contributed by atoms with van der Waals surface area (Å²) in [6.07, 6.45) is 5.39. The highest BCUT2D eigenvalue weighted by atomic mass is 16.5. The van der Waals surface area contributed by atoms with E-state index in [0.29, 0.717) is 23.5 Å². The summed E-state index contributed by atoms with van der Waals surface area (Å²) >= 11 is 0. The molecule has 0 radical (unpaired) electrons. The summed E-state index contributed by atoms with van der Waals surface area (Å²) in [7, 11) is 1.68. The average molecular weight is 560 g/mol. The van der Waals surface area contributed by atoms with Crippen LogP contribution in [0.2, 0.25) is 0 Å². The molecule has 0 bridgehead atoms. The lowest BCUT2D eigenvalue weighted by molar-refractivity contribution is 0.0710.